The normalized spacial score (nSPS) is 13.5. The Labute approximate surface area is 135 Å². The fraction of sp³-hybridized carbons (Fsp3) is 0.263. The third kappa shape index (κ3) is 3.11. The van der Waals surface area contributed by atoms with Crippen molar-refractivity contribution < 1.29 is 14.7 Å². The molecule has 0 aliphatic carbocycles. The lowest BCUT2D eigenvalue weighted by Gasteiger charge is -2.30. The Morgan fingerprint density at radius 2 is 1.96 bits per heavy atom. The average molecular weight is 309 g/mol. The third-order valence-electron chi connectivity index (χ3n) is 4.24. The number of aromatic carboxylic acids is 1. The van der Waals surface area contributed by atoms with Crippen molar-refractivity contribution in [2.24, 2.45) is 0 Å². The van der Waals surface area contributed by atoms with E-state index in [0.717, 1.165) is 18.5 Å². The van der Waals surface area contributed by atoms with E-state index in [0.29, 0.717) is 12.1 Å². The first kappa shape index (κ1) is 15.3. The van der Waals surface area contributed by atoms with Crippen molar-refractivity contribution in [3.8, 4) is 0 Å². The summed E-state index contributed by atoms with van der Waals surface area (Å²) in [5.74, 6) is -1.05. The molecule has 118 valence electrons. The van der Waals surface area contributed by atoms with E-state index in [-0.39, 0.29) is 17.9 Å². The summed E-state index contributed by atoms with van der Waals surface area (Å²) in [7, 11) is 0. The van der Waals surface area contributed by atoms with Crippen molar-refractivity contribution in [1.29, 1.82) is 0 Å². The maximum absolute atomic E-state index is 12.7. The first-order valence-corrected chi connectivity index (χ1v) is 7.77. The van der Waals surface area contributed by atoms with Crippen molar-refractivity contribution in [3.63, 3.8) is 0 Å². The first-order chi connectivity index (χ1) is 11.1. The molecule has 23 heavy (non-hydrogen) atoms. The Hall–Kier alpha value is -2.62. The Morgan fingerprint density at radius 3 is 2.74 bits per heavy atom. The van der Waals surface area contributed by atoms with E-state index in [1.165, 1.54) is 11.1 Å². The molecule has 0 aromatic heterocycles. The molecule has 3 rings (SSSR count). The number of carboxylic acids is 1. The number of nitrogens with zero attached hydrogens (tertiary/aromatic N) is 1. The van der Waals surface area contributed by atoms with Crippen LogP contribution >= 0.6 is 0 Å². The fourth-order valence-corrected chi connectivity index (χ4v) is 3.13. The number of carbonyl (C=O) groups is 2. The van der Waals surface area contributed by atoms with Gasteiger partial charge in [0.05, 0.1) is 12.0 Å². The summed E-state index contributed by atoms with van der Waals surface area (Å²) in [5.41, 5.74) is 4.09. The van der Waals surface area contributed by atoms with Gasteiger partial charge in [-0.25, -0.2) is 4.79 Å². The zero-order valence-electron chi connectivity index (χ0n) is 13.1. The highest BCUT2D eigenvalue weighted by molar-refractivity contribution is 5.98. The van der Waals surface area contributed by atoms with Crippen LogP contribution in [-0.2, 0) is 17.6 Å². The van der Waals surface area contributed by atoms with Gasteiger partial charge in [0, 0.05) is 12.2 Å². The van der Waals surface area contributed by atoms with Crippen LogP contribution < -0.4 is 4.90 Å². The monoisotopic (exact) mass is 309 g/mol. The van der Waals surface area contributed by atoms with Gasteiger partial charge in [0.1, 0.15) is 0 Å². The SMILES string of the molecule is Cc1ccc2c(c1)CCCN2C(=O)Cc1ccccc1C(=O)O. The highest BCUT2D eigenvalue weighted by Gasteiger charge is 2.23. The molecule has 0 saturated heterocycles. The van der Waals surface area contributed by atoms with Crippen LogP contribution in [0.5, 0.6) is 0 Å². The van der Waals surface area contributed by atoms with Crippen molar-refractivity contribution in [2.45, 2.75) is 26.2 Å². The van der Waals surface area contributed by atoms with Gasteiger partial charge in [-0.3, -0.25) is 4.79 Å². The number of carbonyl (C=O) groups excluding carboxylic acids is 1. The topological polar surface area (TPSA) is 57.6 Å². The molecule has 0 unspecified atom stereocenters. The zero-order chi connectivity index (χ0) is 16.4. The molecule has 1 amide bonds. The minimum atomic E-state index is -0.997. The third-order valence-corrected chi connectivity index (χ3v) is 4.24. The molecule has 0 bridgehead atoms. The molecule has 2 aromatic carbocycles. The number of fused-ring (bicyclic) bond motifs is 1. The molecule has 0 spiro atoms. The highest BCUT2D eigenvalue weighted by atomic mass is 16.4. The van der Waals surface area contributed by atoms with Crippen LogP contribution in [-0.4, -0.2) is 23.5 Å². The Balaban J connectivity index is 1.87. The van der Waals surface area contributed by atoms with Gasteiger partial charge in [-0.15, -0.1) is 0 Å². The Kier molecular flexibility index (Phi) is 4.15. The molecule has 0 atom stereocenters. The summed E-state index contributed by atoms with van der Waals surface area (Å²) in [4.78, 5) is 25.8. The van der Waals surface area contributed by atoms with Gasteiger partial charge < -0.3 is 10.0 Å². The van der Waals surface area contributed by atoms with E-state index in [4.69, 9.17) is 0 Å². The molecule has 4 heteroatoms. The van der Waals surface area contributed by atoms with Crippen molar-refractivity contribution in [3.05, 3.63) is 64.7 Å². The molecule has 0 radical (unpaired) electrons. The Morgan fingerprint density at radius 1 is 1.17 bits per heavy atom. The minimum absolute atomic E-state index is 0.0523. The number of anilines is 1. The van der Waals surface area contributed by atoms with Crippen molar-refractivity contribution in [1.82, 2.24) is 0 Å². The number of carboxylic acid groups (broad SMARTS) is 1. The molecule has 0 fully saturated rings. The van der Waals surface area contributed by atoms with Crippen molar-refractivity contribution >= 4 is 17.6 Å². The van der Waals surface area contributed by atoms with E-state index in [9.17, 15) is 14.7 Å². The van der Waals surface area contributed by atoms with Crippen molar-refractivity contribution in [2.75, 3.05) is 11.4 Å². The van der Waals surface area contributed by atoms with E-state index < -0.39 is 5.97 Å². The van der Waals surface area contributed by atoms with Gasteiger partial charge >= 0.3 is 5.97 Å². The second-order valence-electron chi connectivity index (χ2n) is 5.92. The quantitative estimate of drug-likeness (QED) is 0.947. The summed E-state index contributed by atoms with van der Waals surface area (Å²) in [6, 6.07) is 12.8. The summed E-state index contributed by atoms with van der Waals surface area (Å²) in [5, 5.41) is 9.25. The lowest BCUT2D eigenvalue weighted by Crippen LogP contribution is -2.36. The molecule has 1 heterocycles. The summed E-state index contributed by atoms with van der Waals surface area (Å²) in [6.07, 6.45) is 2.02. The number of hydrogen-bond donors (Lipinski definition) is 1. The lowest BCUT2D eigenvalue weighted by atomic mass is 9.98. The van der Waals surface area contributed by atoms with E-state index in [1.807, 2.05) is 19.1 Å². The van der Waals surface area contributed by atoms with Gasteiger partial charge in [-0.1, -0.05) is 35.9 Å². The number of benzene rings is 2. The average Bonchev–Trinajstić information content (AvgIpc) is 2.54. The molecule has 1 N–H and O–H groups in total. The molecule has 4 nitrogen and oxygen atoms in total. The van der Waals surface area contributed by atoms with Gasteiger partial charge in [-0.2, -0.15) is 0 Å². The number of amides is 1. The van der Waals surface area contributed by atoms with Gasteiger partial charge in [0.2, 0.25) is 5.91 Å². The van der Waals surface area contributed by atoms with E-state index in [2.05, 4.69) is 6.07 Å². The van der Waals surface area contributed by atoms with Gasteiger partial charge in [-0.05, 0) is 43.0 Å². The van der Waals surface area contributed by atoms with Gasteiger partial charge in [0.25, 0.3) is 0 Å². The molecule has 1 aliphatic rings. The van der Waals surface area contributed by atoms with Crippen LogP contribution in [0.4, 0.5) is 5.69 Å². The zero-order valence-corrected chi connectivity index (χ0v) is 13.1. The van der Waals surface area contributed by atoms with Crippen LogP contribution in [0.3, 0.4) is 0 Å². The molecule has 0 saturated carbocycles. The molecule has 2 aromatic rings. The fourth-order valence-electron chi connectivity index (χ4n) is 3.13. The second kappa shape index (κ2) is 6.24. The van der Waals surface area contributed by atoms with Crippen LogP contribution in [0, 0.1) is 6.92 Å². The highest BCUT2D eigenvalue weighted by Crippen LogP contribution is 2.28. The summed E-state index contributed by atoms with van der Waals surface area (Å²) < 4.78 is 0. The van der Waals surface area contributed by atoms with Crippen LogP contribution in [0.25, 0.3) is 0 Å². The largest absolute Gasteiger partial charge is 0.478 e. The second-order valence-corrected chi connectivity index (χ2v) is 5.92. The van der Waals surface area contributed by atoms with Crippen LogP contribution in [0.2, 0.25) is 0 Å². The number of rotatable bonds is 3. The van der Waals surface area contributed by atoms with Crippen LogP contribution in [0.1, 0.15) is 33.5 Å². The summed E-state index contributed by atoms with van der Waals surface area (Å²) in [6.45, 7) is 2.73. The number of aryl methyl sites for hydroxylation is 2. The summed E-state index contributed by atoms with van der Waals surface area (Å²) >= 11 is 0. The molecular formula is C19H19NO3. The first-order valence-electron chi connectivity index (χ1n) is 7.77. The van der Waals surface area contributed by atoms with E-state index >= 15 is 0 Å². The van der Waals surface area contributed by atoms with Crippen LogP contribution in [0.15, 0.2) is 42.5 Å². The predicted molar refractivity (Wildman–Crippen MR) is 89.0 cm³/mol. The molecular weight excluding hydrogens is 290 g/mol. The predicted octanol–water partition coefficient (Wildman–Crippen LogP) is 3.22. The lowest BCUT2D eigenvalue weighted by molar-refractivity contribution is -0.118. The molecule has 1 aliphatic heterocycles. The number of hydrogen-bond acceptors (Lipinski definition) is 2. The maximum Gasteiger partial charge on any atom is 0.335 e. The minimum Gasteiger partial charge on any atom is -0.478 e. The van der Waals surface area contributed by atoms with E-state index in [1.54, 1.807) is 29.2 Å². The standard InChI is InChI=1S/C19H19NO3/c1-13-8-9-17-15(11-13)6-4-10-20(17)18(21)12-14-5-2-3-7-16(14)19(22)23/h2-3,5,7-9,11H,4,6,10,12H2,1H3,(H,22,23). The Bertz CT molecular complexity index is 767. The van der Waals surface area contributed by atoms with Gasteiger partial charge in [0.15, 0.2) is 0 Å². The maximum atomic E-state index is 12.7. The smallest absolute Gasteiger partial charge is 0.335 e.